The normalized spacial score (nSPS) is 21.7. The van der Waals surface area contributed by atoms with Gasteiger partial charge in [0.15, 0.2) is 0 Å². The second-order valence-corrected chi connectivity index (χ2v) is 9.22. The lowest BCUT2D eigenvalue weighted by Crippen LogP contribution is -2.45. The highest BCUT2D eigenvalue weighted by Crippen LogP contribution is 2.35. The van der Waals surface area contributed by atoms with Crippen LogP contribution >= 0.6 is 51.0 Å². The van der Waals surface area contributed by atoms with Crippen molar-refractivity contribution in [3.63, 3.8) is 0 Å². The molecule has 3 rings (SSSR count). The molecule has 1 fully saturated rings. The summed E-state index contributed by atoms with van der Waals surface area (Å²) in [5.74, 6) is -0.651. The smallest absolute Gasteiger partial charge is 0.242 e. The van der Waals surface area contributed by atoms with E-state index in [1.807, 2.05) is 23.5 Å². The number of hydrogen-bond donors (Lipinski definition) is 2. The molecule has 0 spiro atoms. The third kappa shape index (κ3) is 4.12. The van der Waals surface area contributed by atoms with E-state index in [2.05, 4.69) is 26.0 Å². The molecule has 2 heterocycles. The Morgan fingerprint density at radius 2 is 2.25 bits per heavy atom. The SMILES string of the molecule is CN1SN[C@@H](c2ccc(Br)s2)C[C@@H]1C(=O)Nc1ccc(F)c(Cl)c1. The van der Waals surface area contributed by atoms with Gasteiger partial charge in [0, 0.05) is 22.7 Å². The zero-order chi connectivity index (χ0) is 17.3. The highest BCUT2D eigenvalue weighted by molar-refractivity contribution is 9.11. The first-order valence-corrected chi connectivity index (χ1v) is 9.86. The molecule has 9 heteroatoms. The van der Waals surface area contributed by atoms with Crippen molar-refractivity contribution in [3.8, 4) is 0 Å². The van der Waals surface area contributed by atoms with Crippen LogP contribution in [0.1, 0.15) is 17.3 Å². The number of benzene rings is 1. The van der Waals surface area contributed by atoms with Crippen molar-refractivity contribution in [2.45, 2.75) is 18.5 Å². The first kappa shape index (κ1) is 18.2. The summed E-state index contributed by atoms with van der Waals surface area (Å²) in [6, 6.07) is 7.98. The van der Waals surface area contributed by atoms with Crippen LogP contribution in [0.2, 0.25) is 5.02 Å². The Hall–Kier alpha value is -0.640. The van der Waals surface area contributed by atoms with E-state index in [9.17, 15) is 9.18 Å². The topological polar surface area (TPSA) is 44.4 Å². The Morgan fingerprint density at radius 1 is 1.46 bits per heavy atom. The monoisotopic (exact) mass is 449 g/mol. The summed E-state index contributed by atoms with van der Waals surface area (Å²) < 4.78 is 19.5. The summed E-state index contributed by atoms with van der Waals surface area (Å²) in [6.07, 6.45) is 0.636. The van der Waals surface area contributed by atoms with Crippen molar-refractivity contribution >= 4 is 62.6 Å². The fraction of sp³-hybridized carbons (Fsp3) is 0.267. The molecule has 1 aromatic heterocycles. The van der Waals surface area contributed by atoms with E-state index in [1.165, 1.54) is 35.2 Å². The van der Waals surface area contributed by atoms with Crippen LogP contribution in [0.4, 0.5) is 10.1 Å². The van der Waals surface area contributed by atoms with Gasteiger partial charge in [-0.3, -0.25) is 4.79 Å². The van der Waals surface area contributed by atoms with Gasteiger partial charge in [-0.1, -0.05) is 11.6 Å². The van der Waals surface area contributed by atoms with Gasteiger partial charge in [0.1, 0.15) is 11.9 Å². The third-order valence-electron chi connectivity index (χ3n) is 3.66. The number of halogens is 3. The van der Waals surface area contributed by atoms with Crippen LogP contribution in [0, 0.1) is 5.82 Å². The van der Waals surface area contributed by atoms with Gasteiger partial charge in [-0.2, -0.15) is 0 Å². The minimum absolute atomic E-state index is 0.0119. The number of thiophene rings is 1. The Balaban J connectivity index is 1.71. The fourth-order valence-corrected chi connectivity index (χ4v) is 4.96. The van der Waals surface area contributed by atoms with Crippen molar-refractivity contribution in [2.75, 3.05) is 12.4 Å². The molecule has 1 saturated heterocycles. The zero-order valence-corrected chi connectivity index (χ0v) is 16.5. The Bertz CT molecular complexity index is 760. The number of carbonyl (C=O) groups is 1. The molecule has 4 nitrogen and oxygen atoms in total. The van der Waals surface area contributed by atoms with E-state index < -0.39 is 5.82 Å². The standard InChI is InChI=1S/C15H14BrClFN3OS2/c1-21-12(7-11(20-24-21)13-4-5-14(16)23-13)15(22)19-8-2-3-10(18)9(17)6-8/h2-6,11-12,20H,7H2,1H3,(H,19,22)/t11-,12-/m1/s1. The van der Waals surface area contributed by atoms with Crippen molar-refractivity contribution in [2.24, 2.45) is 0 Å². The van der Waals surface area contributed by atoms with Gasteiger partial charge < -0.3 is 5.32 Å². The zero-order valence-electron chi connectivity index (χ0n) is 12.6. The molecule has 0 aliphatic carbocycles. The van der Waals surface area contributed by atoms with Crippen molar-refractivity contribution < 1.29 is 9.18 Å². The van der Waals surface area contributed by atoms with E-state index >= 15 is 0 Å². The molecule has 2 aromatic rings. The lowest BCUT2D eigenvalue weighted by Gasteiger charge is -2.35. The summed E-state index contributed by atoms with van der Waals surface area (Å²) in [4.78, 5) is 13.8. The number of likely N-dealkylation sites (N-methyl/N-ethyl adjacent to an activating group) is 1. The molecule has 2 atom stereocenters. The second-order valence-electron chi connectivity index (χ2n) is 5.32. The number of carbonyl (C=O) groups excluding carboxylic acids is 1. The number of nitrogens with zero attached hydrogens (tertiary/aromatic N) is 1. The molecule has 0 saturated carbocycles. The van der Waals surface area contributed by atoms with Crippen LogP contribution in [0.5, 0.6) is 0 Å². The number of anilines is 1. The molecule has 1 amide bonds. The van der Waals surface area contributed by atoms with Crippen molar-refractivity contribution in [1.29, 1.82) is 0 Å². The van der Waals surface area contributed by atoms with Gasteiger partial charge in [-0.15, -0.1) is 11.3 Å². The summed E-state index contributed by atoms with van der Waals surface area (Å²) in [5, 5.41) is 2.80. The first-order valence-electron chi connectivity index (χ1n) is 7.10. The maximum absolute atomic E-state index is 13.2. The maximum atomic E-state index is 13.2. The first-order chi connectivity index (χ1) is 11.4. The number of hydrogen-bond acceptors (Lipinski definition) is 5. The largest absolute Gasteiger partial charge is 0.325 e. The second kappa shape index (κ2) is 7.72. The Kier molecular flexibility index (Phi) is 5.84. The average Bonchev–Trinajstić information content (AvgIpc) is 2.98. The molecule has 0 bridgehead atoms. The van der Waals surface area contributed by atoms with Crippen LogP contribution < -0.4 is 10.0 Å². The molecule has 2 N–H and O–H groups in total. The Morgan fingerprint density at radius 3 is 2.92 bits per heavy atom. The lowest BCUT2D eigenvalue weighted by atomic mass is 10.1. The van der Waals surface area contributed by atoms with Gasteiger partial charge in [-0.25, -0.2) is 13.4 Å². The molecule has 0 unspecified atom stereocenters. The third-order valence-corrected chi connectivity index (χ3v) is 6.62. The molecule has 0 radical (unpaired) electrons. The van der Waals surface area contributed by atoms with E-state index in [0.717, 1.165) is 3.79 Å². The minimum atomic E-state index is -0.507. The molecule has 128 valence electrons. The summed E-state index contributed by atoms with van der Waals surface area (Å²) in [6.45, 7) is 0. The van der Waals surface area contributed by atoms with E-state index in [1.54, 1.807) is 11.3 Å². The summed E-state index contributed by atoms with van der Waals surface area (Å²) >= 11 is 12.3. The number of amides is 1. The van der Waals surface area contributed by atoms with Crippen LogP contribution in [-0.4, -0.2) is 23.3 Å². The maximum Gasteiger partial charge on any atom is 0.242 e. The number of rotatable bonds is 3. The molecule has 1 aliphatic rings. The fourth-order valence-electron chi connectivity index (χ4n) is 2.39. The molecule has 24 heavy (non-hydrogen) atoms. The van der Waals surface area contributed by atoms with Crippen molar-refractivity contribution in [1.82, 2.24) is 9.03 Å². The molecular weight excluding hydrogens is 437 g/mol. The quantitative estimate of drug-likeness (QED) is 0.657. The summed E-state index contributed by atoms with van der Waals surface area (Å²) in [7, 11) is 1.86. The van der Waals surface area contributed by atoms with Gasteiger partial charge >= 0.3 is 0 Å². The Labute approximate surface area is 161 Å². The lowest BCUT2D eigenvalue weighted by molar-refractivity contribution is -0.119. The molecular formula is C15H14BrClFN3OS2. The molecule has 1 aromatic carbocycles. The minimum Gasteiger partial charge on any atom is -0.325 e. The van der Waals surface area contributed by atoms with E-state index in [4.69, 9.17) is 11.6 Å². The highest BCUT2D eigenvalue weighted by Gasteiger charge is 2.33. The van der Waals surface area contributed by atoms with Crippen LogP contribution in [-0.2, 0) is 4.79 Å². The van der Waals surface area contributed by atoms with Crippen LogP contribution in [0.15, 0.2) is 34.1 Å². The van der Waals surface area contributed by atoms with Crippen LogP contribution in [0.3, 0.4) is 0 Å². The predicted octanol–water partition coefficient (Wildman–Crippen LogP) is 4.84. The van der Waals surface area contributed by atoms with Crippen LogP contribution in [0.25, 0.3) is 0 Å². The van der Waals surface area contributed by atoms with Gasteiger partial charge in [0.2, 0.25) is 5.91 Å². The van der Waals surface area contributed by atoms with Gasteiger partial charge in [0.05, 0.1) is 14.9 Å². The predicted molar refractivity (Wildman–Crippen MR) is 102 cm³/mol. The van der Waals surface area contributed by atoms with E-state index in [0.29, 0.717) is 12.1 Å². The molecule has 1 aliphatic heterocycles. The summed E-state index contributed by atoms with van der Waals surface area (Å²) in [5.41, 5.74) is 0.485. The van der Waals surface area contributed by atoms with Crippen molar-refractivity contribution in [3.05, 3.63) is 49.8 Å². The number of nitrogens with one attached hydrogen (secondary N) is 2. The van der Waals surface area contributed by atoms with Gasteiger partial charge in [0.25, 0.3) is 0 Å². The van der Waals surface area contributed by atoms with Gasteiger partial charge in [-0.05, 0) is 59.7 Å². The highest BCUT2D eigenvalue weighted by atomic mass is 79.9. The average molecular weight is 451 g/mol. The van der Waals surface area contributed by atoms with E-state index in [-0.39, 0.29) is 23.0 Å².